The number of nitrogens with two attached hydrogens (primary N) is 1. The first kappa shape index (κ1) is 12.8. The predicted octanol–water partition coefficient (Wildman–Crippen LogP) is 1.92. The lowest BCUT2D eigenvalue weighted by Crippen LogP contribution is -2.15. The summed E-state index contributed by atoms with van der Waals surface area (Å²) in [5, 5.41) is 18.6. The highest BCUT2D eigenvalue weighted by molar-refractivity contribution is 9.13. The Labute approximate surface area is 104 Å². The average Bonchev–Trinajstić information content (AvgIpc) is 2.25. The second kappa shape index (κ2) is 5.16. The second-order valence-corrected chi connectivity index (χ2v) is 4.52. The topological polar surface area (TPSA) is 75.7 Å². The van der Waals surface area contributed by atoms with Crippen LogP contribution in [0.2, 0.25) is 0 Å². The maximum Gasteiger partial charge on any atom is 0.173 e. The van der Waals surface area contributed by atoms with Crippen LogP contribution in [0.5, 0.6) is 11.5 Å². The molecule has 6 heteroatoms. The van der Waals surface area contributed by atoms with Gasteiger partial charge in [-0.2, -0.15) is 0 Å². The van der Waals surface area contributed by atoms with Crippen molar-refractivity contribution in [2.24, 2.45) is 5.73 Å². The number of ether oxygens (including phenoxy) is 1. The molecule has 0 saturated heterocycles. The van der Waals surface area contributed by atoms with E-state index in [2.05, 4.69) is 31.9 Å². The van der Waals surface area contributed by atoms with Gasteiger partial charge < -0.3 is 20.7 Å². The number of aliphatic hydroxyl groups excluding tert-OH is 1. The van der Waals surface area contributed by atoms with Gasteiger partial charge in [-0.3, -0.25) is 0 Å². The molecule has 0 heterocycles. The molecule has 0 amide bonds. The van der Waals surface area contributed by atoms with Crippen LogP contribution in [0.3, 0.4) is 0 Å². The van der Waals surface area contributed by atoms with Gasteiger partial charge in [0.25, 0.3) is 0 Å². The maximum atomic E-state index is 9.65. The number of benzene rings is 1. The summed E-state index contributed by atoms with van der Waals surface area (Å²) >= 11 is 6.49. The average molecular weight is 341 g/mol. The number of hydrogen-bond acceptors (Lipinski definition) is 4. The number of hydrogen-bond donors (Lipinski definition) is 3. The Morgan fingerprint density at radius 2 is 2.07 bits per heavy atom. The zero-order valence-electron chi connectivity index (χ0n) is 8.00. The van der Waals surface area contributed by atoms with Crippen LogP contribution < -0.4 is 10.5 Å². The Kier molecular flexibility index (Phi) is 4.39. The minimum Gasteiger partial charge on any atom is -0.503 e. The molecule has 1 atom stereocenters. The Hall–Kier alpha value is -0.300. The van der Waals surface area contributed by atoms with Gasteiger partial charge in [-0.25, -0.2) is 0 Å². The molecule has 0 bridgehead atoms. The molecule has 4 N–H and O–H groups in total. The fourth-order valence-electron chi connectivity index (χ4n) is 1.14. The van der Waals surface area contributed by atoms with Crippen LogP contribution in [-0.2, 0) is 0 Å². The van der Waals surface area contributed by atoms with E-state index in [1.165, 1.54) is 7.11 Å². The third kappa shape index (κ3) is 2.44. The number of methoxy groups -OCH3 is 1. The van der Waals surface area contributed by atoms with E-state index in [1.54, 1.807) is 6.07 Å². The lowest BCUT2D eigenvalue weighted by Gasteiger charge is -2.15. The molecule has 0 fully saturated rings. The van der Waals surface area contributed by atoms with Crippen molar-refractivity contribution in [2.45, 2.75) is 6.04 Å². The Balaban J connectivity index is 3.35. The summed E-state index contributed by atoms with van der Waals surface area (Å²) in [4.78, 5) is 0. The molecule has 4 nitrogen and oxygen atoms in total. The summed E-state index contributed by atoms with van der Waals surface area (Å²) in [5.74, 6) is 0.308. The summed E-state index contributed by atoms with van der Waals surface area (Å²) in [5.41, 5.74) is 6.37. The van der Waals surface area contributed by atoms with Gasteiger partial charge in [0.2, 0.25) is 0 Å². The molecule has 0 unspecified atom stereocenters. The molecular weight excluding hydrogens is 330 g/mol. The van der Waals surface area contributed by atoms with Crippen LogP contribution in [0.1, 0.15) is 11.6 Å². The number of aliphatic hydroxyl groups is 1. The lowest BCUT2D eigenvalue weighted by molar-refractivity contribution is 0.267. The smallest absolute Gasteiger partial charge is 0.173 e. The van der Waals surface area contributed by atoms with Gasteiger partial charge in [0.05, 0.1) is 24.2 Å². The maximum absolute atomic E-state index is 9.65. The molecule has 0 aliphatic heterocycles. The van der Waals surface area contributed by atoms with Crippen molar-refractivity contribution in [1.29, 1.82) is 0 Å². The number of phenolic OH excluding ortho intramolecular Hbond substituents is 1. The molecule has 1 aromatic carbocycles. The molecule has 0 saturated carbocycles. The molecule has 15 heavy (non-hydrogen) atoms. The first-order valence-corrected chi connectivity index (χ1v) is 5.72. The minimum absolute atomic E-state index is 0.00161. The molecule has 0 radical (unpaired) electrons. The van der Waals surface area contributed by atoms with E-state index >= 15 is 0 Å². The summed E-state index contributed by atoms with van der Waals surface area (Å²) in [6, 6.07) is 1.07. The van der Waals surface area contributed by atoms with Crippen molar-refractivity contribution in [3.05, 3.63) is 20.6 Å². The van der Waals surface area contributed by atoms with E-state index in [4.69, 9.17) is 15.6 Å². The molecule has 0 aliphatic rings. The monoisotopic (exact) mass is 339 g/mol. The number of rotatable bonds is 3. The second-order valence-electron chi connectivity index (χ2n) is 2.93. The minimum atomic E-state index is -0.523. The summed E-state index contributed by atoms with van der Waals surface area (Å²) in [7, 11) is 1.45. The van der Waals surface area contributed by atoms with Crippen LogP contribution in [-0.4, -0.2) is 23.9 Å². The third-order valence-electron chi connectivity index (χ3n) is 1.99. The number of halogens is 2. The first-order chi connectivity index (χ1) is 7.02. The lowest BCUT2D eigenvalue weighted by atomic mass is 10.1. The largest absolute Gasteiger partial charge is 0.503 e. The molecular formula is C9H11Br2NO3. The van der Waals surface area contributed by atoms with Crippen LogP contribution >= 0.6 is 31.9 Å². The Morgan fingerprint density at radius 3 is 2.53 bits per heavy atom. The number of phenols is 1. The van der Waals surface area contributed by atoms with E-state index in [0.717, 1.165) is 0 Å². The highest BCUT2D eigenvalue weighted by Gasteiger charge is 2.18. The van der Waals surface area contributed by atoms with E-state index in [-0.39, 0.29) is 12.4 Å². The van der Waals surface area contributed by atoms with Crippen molar-refractivity contribution >= 4 is 31.9 Å². The van der Waals surface area contributed by atoms with Crippen molar-refractivity contribution in [2.75, 3.05) is 13.7 Å². The highest BCUT2D eigenvalue weighted by atomic mass is 79.9. The number of aromatic hydroxyl groups is 1. The normalized spacial score (nSPS) is 12.6. The fraction of sp³-hybridized carbons (Fsp3) is 0.333. The zero-order valence-corrected chi connectivity index (χ0v) is 11.2. The Bertz CT molecular complexity index is 371. The van der Waals surface area contributed by atoms with Crippen LogP contribution in [0.15, 0.2) is 15.0 Å². The van der Waals surface area contributed by atoms with Crippen LogP contribution in [0, 0.1) is 0 Å². The fourth-order valence-corrected chi connectivity index (χ4v) is 2.16. The van der Waals surface area contributed by atoms with Crippen molar-refractivity contribution in [3.63, 3.8) is 0 Å². The summed E-state index contributed by atoms with van der Waals surface area (Å²) in [6.07, 6.45) is 0. The quantitative estimate of drug-likeness (QED) is 0.785. The van der Waals surface area contributed by atoms with Crippen molar-refractivity contribution < 1.29 is 14.9 Å². The van der Waals surface area contributed by atoms with Crippen molar-refractivity contribution in [1.82, 2.24) is 0 Å². The summed E-state index contributed by atoms with van der Waals surface area (Å²) < 4.78 is 6.05. The van der Waals surface area contributed by atoms with Gasteiger partial charge in [-0.15, -0.1) is 0 Å². The van der Waals surface area contributed by atoms with Crippen LogP contribution in [0.25, 0.3) is 0 Å². The van der Waals surface area contributed by atoms with E-state index in [1.807, 2.05) is 0 Å². The molecule has 0 spiro atoms. The van der Waals surface area contributed by atoms with Gasteiger partial charge in [0.15, 0.2) is 11.5 Å². The predicted molar refractivity (Wildman–Crippen MR) is 64.1 cm³/mol. The van der Waals surface area contributed by atoms with Crippen molar-refractivity contribution in [3.8, 4) is 11.5 Å². The standard InChI is InChI=1S/C9H11Br2NO3/c1-15-6-2-4(5(12)3-13)7(10)8(11)9(6)14/h2,5,13-14H,3,12H2,1H3/t5-/m1/s1. The van der Waals surface area contributed by atoms with E-state index < -0.39 is 6.04 Å². The zero-order chi connectivity index (χ0) is 11.6. The Morgan fingerprint density at radius 1 is 1.47 bits per heavy atom. The van der Waals surface area contributed by atoms with Gasteiger partial charge in [-0.05, 0) is 43.5 Å². The first-order valence-electron chi connectivity index (χ1n) is 4.14. The highest BCUT2D eigenvalue weighted by Crippen LogP contribution is 2.43. The van der Waals surface area contributed by atoms with Gasteiger partial charge in [-0.1, -0.05) is 0 Å². The van der Waals surface area contributed by atoms with Crippen LogP contribution in [0.4, 0.5) is 0 Å². The third-order valence-corrected chi connectivity index (χ3v) is 4.15. The SMILES string of the molecule is COc1cc([C@H](N)CO)c(Br)c(Br)c1O. The summed E-state index contributed by atoms with van der Waals surface area (Å²) in [6.45, 7) is -0.182. The molecule has 84 valence electrons. The van der Waals surface area contributed by atoms with E-state index in [9.17, 15) is 5.11 Å². The molecule has 1 aromatic rings. The molecule has 0 aliphatic carbocycles. The molecule has 0 aromatic heterocycles. The van der Waals surface area contributed by atoms with Gasteiger partial charge in [0, 0.05) is 4.47 Å². The molecule has 1 rings (SSSR count). The van der Waals surface area contributed by atoms with E-state index in [0.29, 0.717) is 20.3 Å². The van der Waals surface area contributed by atoms with Gasteiger partial charge in [0.1, 0.15) is 0 Å². The van der Waals surface area contributed by atoms with Gasteiger partial charge >= 0.3 is 0 Å².